The first-order valence-corrected chi connectivity index (χ1v) is 3.88. The van der Waals surface area contributed by atoms with E-state index in [0.29, 0.717) is 11.5 Å². The number of aromatic nitrogens is 4. The molecule has 1 atom stereocenters. The number of H-pyrrole nitrogens is 1. The van der Waals surface area contributed by atoms with Crippen molar-refractivity contribution in [2.75, 3.05) is 0 Å². The highest BCUT2D eigenvalue weighted by atomic mass is 15.1. The maximum Gasteiger partial charge on any atom is 0.199 e. The highest BCUT2D eigenvalue weighted by molar-refractivity contribution is 5.69. The second-order valence-electron chi connectivity index (χ2n) is 2.74. The highest BCUT2D eigenvalue weighted by Gasteiger charge is 2.09. The predicted octanol–water partition coefficient (Wildman–Crippen LogP) is 0.980. The third-order valence-corrected chi connectivity index (χ3v) is 1.79. The Kier molecular flexibility index (Phi) is 1.67. The molecule has 0 aliphatic carbocycles. The Bertz CT molecular complexity index is 434. The van der Waals surface area contributed by atoms with Crippen LogP contribution in [0.15, 0.2) is 12.3 Å². The number of aromatic amines is 1. The van der Waals surface area contributed by atoms with Crippen molar-refractivity contribution in [3.8, 4) is 6.07 Å². The van der Waals surface area contributed by atoms with Crippen molar-refractivity contribution in [2.45, 2.75) is 12.8 Å². The van der Waals surface area contributed by atoms with E-state index >= 15 is 0 Å². The van der Waals surface area contributed by atoms with Gasteiger partial charge in [-0.1, -0.05) is 0 Å². The minimum atomic E-state index is -0.241. The molecule has 0 aliphatic rings. The van der Waals surface area contributed by atoms with Crippen LogP contribution in [0.5, 0.6) is 0 Å². The molecule has 5 nitrogen and oxygen atoms in total. The van der Waals surface area contributed by atoms with Gasteiger partial charge in [0.05, 0.1) is 17.8 Å². The summed E-state index contributed by atoms with van der Waals surface area (Å²) in [5.74, 6) is 0.396. The number of fused-ring (bicyclic) bond motifs is 1. The van der Waals surface area contributed by atoms with Crippen molar-refractivity contribution in [3.05, 3.63) is 18.1 Å². The molecule has 0 saturated heterocycles. The summed E-state index contributed by atoms with van der Waals surface area (Å²) in [7, 11) is 0. The lowest BCUT2D eigenvalue weighted by atomic mass is 10.2. The smallest absolute Gasteiger partial charge is 0.199 e. The summed E-state index contributed by atoms with van der Waals surface area (Å²) in [5.41, 5.74) is 1.37. The quantitative estimate of drug-likeness (QED) is 0.697. The van der Waals surface area contributed by atoms with Crippen molar-refractivity contribution in [2.24, 2.45) is 0 Å². The zero-order chi connectivity index (χ0) is 9.26. The van der Waals surface area contributed by atoms with E-state index in [1.54, 1.807) is 19.2 Å². The fourth-order valence-corrected chi connectivity index (χ4v) is 1.05. The molecule has 2 heterocycles. The molecule has 0 aliphatic heterocycles. The van der Waals surface area contributed by atoms with E-state index in [1.165, 1.54) is 0 Å². The predicted molar refractivity (Wildman–Crippen MR) is 45.7 cm³/mol. The molecule has 5 heteroatoms. The Morgan fingerprint density at radius 1 is 1.62 bits per heavy atom. The molecule has 0 spiro atoms. The monoisotopic (exact) mass is 173 g/mol. The van der Waals surface area contributed by atoms with Crippen molar-refractivity contribution < 1.29 is 0 Å². The second-order valence-corrected chi connectivity index (χ2v) is 2.74. The summed E-state index contributed by atoms with van der Waals surface area (Å²) in [5, 5.41) is 16.2. The summed E-state index contributed by atoms with van der Waals surface area (Å²) in [6.07, 6.45) is 1.58. The molecular weight excluding hydrogens is 166 g/mol. The molecule has 13 heavy (non-hydrogen) atoms. The van der Waals surface area contributed by atoms with Crippen LogP contribution in [0.4, 0.5) is 0 Å². The maximum absolute atomic E-state index is 8.67. The zero-order valence-electron chi connectivity index (χ0n) is 7.02. The molecule has 0 fully saturated rings. The van der Waals surface area contributed by atoms with Crippen LogP contribution in [0, 0.1) is 11.3 Å². The van der Waals surface area contributed by atoms with Crippen LogP contribution in [-0.2, 0) is 0 Å². The molecular formula is C8H7N5. The van der Waals surface area contributed by atoms with E-state index < -0.39 is 0 Å². The Labute approximate surface area is 74.4 Å². The maximum atomic E-state index is 8.67. The van der Waals surface area contributed by atoms with Crippen LogP contribution < -0.4 is 0 Å². The highest BCUT2D eigenvalue weighted by Crippen LogP contribution is 2.13. The van der Waals surface area contributed by atoms with Gasteiger partial charge in [0.2, 0.25) is 0 Å². The van der Waals surface area contributed by atoms with Gasteiger partial charge in [0.15, 0.2) is 5.65 Å². The van der Waals surface area contributed by atoms with Crippen molar-refractivity contribution in [1.82, 2.24) is 20.2 Å². The largest absolute Gasteiger partial charge is 0.339 e. The van der Waals surface area contributed by atoms with E-state index in [1.807, 2.05) is 0 Å². The molecule has 0 radical (unpaired) electrons. The molecule has 1 unspecified atom stereocenters. The number of nitriles is 1. The fourth-order valence-electron chi connectivity index (χ4n) is 1.05. The normalized spacial score (nSPS) is 12.6. The van der Waals surface area contributed by atoms with Crippen molar-refractivity contribution >= 4 is 11.2 Å². The number of hydrogen-bond donors (Lipinski definition) is 1. The number of nitrogens with one attached hydrogen (secondary N) is 1. The van der Waals surface area contributed by atoms with E-state index in [-0.39, 0.29) is 5.92 Å². The van der Waals surface area contributed by atoms with Gasteiger partial charge in [-0.25, -0.2) is 4.98 Å². The Morgan fingerprint density at radius 2 is 2.46 bits per heavy atom. The minimum Gasteiger partial charge on any atom is -0.339 e. The third-order valence-electron chi connectivity index (χ3n) is 1.79. The van der Waals surface area contributed by atoms with Gasteiger partial charge in [-0.2, -0.15) is 10.4 Å². The Hall–Kier alpha value is -1.96. The molecule has 2 aromatic heterocycles. The molecule has 2 rings (SSSR count). The van der Waals surface area contributed by atoms with Crippen LogP contribution in [-0.4, -0.2) is 20.2 Å². The van der Waals surface area contributed by atoms with Gasteiger partial charge in [0, 0.05) is 0 Å². The summed E-state index contributed by atoms with van der Waals surface area (Å²) in [6.45, 7) is 1.78. The Morgan fingerprint density at radius 3 is 3.15 bits per heavy atom. The minimum absolute atomic E-state index is 0.241. The lowest BCUT2D eigenvalue weighted by Crippen LogP contribution is -1.91. The SMILES string of the molecule is CC(C#N)c1nc2nnccc2[nH]1. The molecule has 0 aromatic carbocycles. The third kappa shape index (κ3) is 1.22. The van der Waals surface area contributed by atoms with Crippen LogP contribution >= 0.6 is 0 Å². The lowest BCUT2D eigenvalue weighted by molar-refractivity contribution is 0.888. The number of hydrogen-bond acceptors (Lipinski definition) is 4. The average molecular weight is 173 g/mol. The Balaban J connectivity index is 2.57. The molecule has 0 saturated carbocycles. The van der Waals surface area contributed by atoms with Gasteiger partial charge < -0.3 is 4.98 Å². The molecule has 2 aromatic rings. The molecule has 0 bridgehead atoms. The topological polar surface area (TPSA) is 78.2 Å². The standard InChI is InChI=1S/C8H7N5/c1-5(4-9)7-11-6-2-3-10-13-8(6)12-7/h2-3,5H,1H3,(H,11,12,13). The first kappa shape index (κ1) is 7.68. The van der Waals surface area contributed by atoms with E-state index in [9.17, 15) is 0 Å². The van der Waals surface area contributed by atoms with Gasteiger partial charge in [0.1, 0.15) is 11.7 Å². The van der Waals surface area contributed by atoms with Gasteiger partial charge >= 0.3 is 0 Å². The molecule has 1 N–H and O–H groups in total. The van der Waals surface area contributed by atoms with E-state index in [4.69, 9.17) is 5.26 Å². The van der Waals surface area contributed by atoms with Crippen LogP contribution in [0.2, 0.25) is 0 Å². The number of imidazole rings is 1. The van der Waals surface area contributed by atoms with Crippen LogP contribution in [0.1, 0.15) is 18.7 Å². The van der Waals surface area contributed by atoms with Crippen molar-refractivity contribution in [3.63, 3.8) is 0 Å². The van der Waals surface area contributed by atoms with E-state index in [2.05, 4.69) is 26.2 Å². The van der Waals surface area contributed by atoms with Gasteiger partial charge in [0.25, 0.3) is 0 Å². The van der Waals surface area contributed by atoms with Gasteiger partial charge in [-0.3, -0.25) is 0 Å². The van der Waals surface area contributed by atoms with Crippen molar-refractivity contribution in [1.29, 1.82) is 5.26 Å². The molecule has 0 amide bonds. The van der Waals surface area contributed by atoms with Crippen LogP contribution in [0.25, 0.3) is 11.2 Å². The number of rotatable bonds is 1. The second kappa shape index (κ2) is 2.83. The van der Waals surface area contributed by atoms with Gasteiger partial charge in [-0.15, -0.1) is 5.10 Å². The first-order chi connectivity index (χ1) is 6.31. The van der Waals surface area contributed by atoms with E-state index in [0.717, 1.165) is 5.52 Å². The number of nitrogens with zero attached hydrogens (tertiary/aromatic N) is 4. The van der Waals surface area contributed by atoms with Crippen LogP contribution in [0.3, 0.4) is 0 Å². The fraction of sp³-hybridized carbons (Fsp3) is 0.250. The summed E-state index contributed by atoms with van der Waals surface area (Å²) in [4.78, 5) is 7.14. The molecule has 64 valence electrons. The average Bonchev–Trinajstić information content (AvgIpc) is 2.59. The summed E-state index contributed by atoms with van der Waals surface area (Å²) in [6, 6.07) is 3.88. The lowest BCUT2D eigenvalue weighted by Gasteiger charge is -1.92. The summed E-state index contributed by atoms with van der Waals surface area (Å²) >= 11 is 0. The van der Waals surface area contributed by atoms with Gasteiger partial charge in [-0.05, 0) is 13.0 Å². The zero-order valence-corrected chi connectivity index (χ0v) is 7.02. The first-order valence-electron chi connectivity index (χ1n) is 3.88. The summed E-state index contributed by atoms with van der Waals surface area (Å²) < 4.78 is 0.